The van der Waals surface area contributed by atoms with Crippen LogP contribution in [0.5, 0.6) is 5.75 Å². The molecule has 0 amide bonds. The summed E-state index contributed by atoms with van der Waals surface area (Å²) in [7, 11) is 0. The number of ether oxygens (including phenoxy) is 1. The van der Waals surface area contributed by atoms with Crippen LogP contribution >= 0.6 is 31.9 Å². The Balaban J connectivity index is 1.80. The predicted molar refractivity (Wildman–Crippen MR) is 90.9 cm³/mol. The van der Waals surface area contributed by atoms with Gasteiger partial charge in [-0.25, -0.2) is 0 Å². The molecule has 3 atom stereocenters. The number of alkyl halides is 1. The van der Waals surface area contributed by atoms with Crippen molar-refractivity contribution in [3.8, 4) is 5.75 Å². The molecule has 1 aromatic carbocycles. The monoisotopic (exact) mass is 400 g/mol. The first-order valence-electron chi connectivity index (χ1n) is 7.75. The summed E-state index contributed by atoms with van der Waals surface area (Å²) < 4.78 is 7.08. The third kappa shape index (κ3) is 3.09. The molecule has 1 aliphatic heterocycles. The van der Waals surface area contributed by atoms with E-state index in [0.29, 0.717) is 4.83 Å². The van der Waals surface area contributed by atoms with Gasteiger partial charge in [0.2, 0.25) is 0 Å². The molecule has 110 valence electrons. The molecule has 1 aromatic rings. The van der Waals surface area contributed by atoms with Crippen LogP contribution in [0.4, 0.5) is 0 Å². The molecule has 1 saturated carbocycles. The van der Waals surface area contributed by atoms with Crippen molar-refractivity contribution in [2.75, 3.05) is 6.61 Å². The number of benzene rings is 1. The van der Waals surface area contributed by atoms with Crippen LogP contribution in [0.1, 0.15) is 43.7 Å². The maximum absolute atomic E-state index is 5.88. The van der Waals surface area contributed by atoms with E-state index in [4.69, 9.17) is 4.74 Å². The molecule has 1 heterocycles. The largest absolute Gasteiger partial charge is 0.493 e. The van der Waals surface area contributed by atoms with Gasteiger partial charge in [0, 0.05) is 15.7 Å². The Morgan fingerprint density at radius 3 is 2.95 bits per heavy atom. The first-order valence-corrected chi connectivity index (χ1v) is 9.46. The second kappa shape index (κ2) is 6.39. The van der Waals surface area contributed by atoms with Crippen molar-refractivity contribution in [2.45, 2.75) is 50.3 Å². The first-order chi connectivity index (χ1) is 9.67. The normalized spacial score (nSPS) is 29.1. The molecule has 0 bridgehead atoms. The molecular weight excluding hydrogens is 380 g/mol. The van der Waals surface area contributed by atoms with Gasteiger partial charge in [0.05, 0.1) is 6.61 Å². The fraction of sp³-hybridized carbons (Fsp3) is 0.647. The van der Waals surface area contributed by atoms with Crippen molar-refractivity contribution in [1.82, 2.24) is 0 Å². The Labute approximate surface area is 138 Å². The molecule has 0 radical (unpaired) electrons. The highest BCUT2D eigenvalue weighted by Crippen LogP contribution is 2.40. The lowest BCUT2D eigenvalue weighted by Crippen LogP contribution is -2.26. The predicted octanol–water partition coefficient (Wildman–Crippen LogP) is 5.52. The smallest absolute Gasteiger partial charge is 0.125 e. The summed E-state index contributed by atoms with van der Waals surface area (Å²) >= 11 is 7.57. The minimum atomic E-state index is 0.668. The summed E-state index contributed by atoms with van der Waals surface area (Å²) in [6.45, 7) is 3.18. The van der Waals surface area contributed by atoms with Gasteiger partial charge in [-0.2, -0.15) is 0 Å². The van der Waals surface area contributed by atoms with E-state index in [9.17, 15) is 0 Å². The summed E-state index contributed by atoms with van der Waals surface area (Å²) in [5.41, 5.74) is 2.78. The quantitative estimate of drug-likeness (QED) is 0.606. The minimum Gasteiger partial charge on any atom is -0.493 e. The van der Waals surface area contributed by atoms with Gasteiger partial charge in [-0.1, -0.05) is 45.2 Å². The third-order valence-electron chi connectivity index (χ3n) is 4.88. The summed E-state index contributed by atoms with van der Waals surface area (Å²) in [5.74, 6) is 2.83. The molecule has 2 aliphatic rings. The number of hydrogen-bond acceptors (Lipinski definition) is 1. The lowest BCUT2D eigenvalue weighted by molar-refractivity contribution is 0.268. The summed E-state index contributed by atoms with van der Waals surface area (Å²) in [5, 5.41) is 0. The highest BCUT2D eigenvalue weighted by Gasteiger charge is 2.29. The Hall–Kier alpha value is -0.0200. The zero-order chi connectivity index (χ0) is 14.1. The molecular formula is C17H22Br2O. The maximum atomic E-state index is 5.88. The summed E-state index contributed by atoms with van der Waals surface area (Å²) in [6.07, 6.45) is 7.59. The Morgan fingerprint density at radius 1 is 1.30 bits per heavy atom. The van der Waals surface area contributed by atoms with Crippen molar-refractivity contribution >= 4 is 31.9 Å². The molecule has 20 heavy (non-hydrogen) atoms. The summed E-state index contributed by atoms with van der Waals surface area (Å²) in [4.78, 5) is 0.668. The lowest BCUT2D eigenvalue weighted by Gasteiger charge is -2.33. The number of fused-ring (bicyclic) bond motifs is 1. The molecule has 3 rings (SSSR count). The van der Waals surface area contributed by atoms with E-state index in [1.54, 1.807) is 0 Å². The highest BCUT2D eigenvalue weighted by molar-refractivity contribution is 9.10. The topological polar surface area (TPSA) is 9.23 Å². The average molecular weight is 402 g/mol. The maximum Gasteiger partial charge on any atom is 0.125 e. The van der Waals surface area contributed by atoms with Crippen LogP contribution < -0.4 is 4.74 Å². The van der Waals surface area contributed by atoms with Gasteiger partial charge in [-0.15, -0.1) is 0 Å². The molecule has 0 spiro atoms. The van der Waals surface area contributed by atoms with Crippen LogP contribution in [-0.4, -0.2) is 11.4 Å². The van der Waals surface area contributed by atoms with Crippen molar-refractivity contribution in [3.63, 3.8) is 0 Å². The van der Waals surface area contributed by atoms with E-state index in [1.807, 2.05) is 0 Å². The molecule has 1 fully saturated rings. The van der Waals surface area contributed by atoms with Crippen LogP contribution in [0.15, 0.2) is 16.6 Å². The van der Waals surface area contributed by atoms with Crippen molar-refractivity contribution in [3.05, 3.63) is 27.7 Å². The fourth-order valence-corrected chi connectivity index (χ4v) is 4.91. The van der Waals surface area contributed by atoms with Gasteiger partial charge in [0.1, 0.15) is 5.75 Å². The zero-order valence-electron chi connectivity index (χ0n) is 12.0. The Morgan fingerprint density at radius 2 is 2.15 bits per heavy atom. The average Bonchev–Trinajstić information content (AvgIpc) is 2.89. The SMILES string of the molecule is CCC1CCC(Br)C(Cc2cc(Br)cc3c2OCC3)C1. The number of halogens is 2. The fourth-order valence-electron chi connectivity index (χ4n) is 3.69. The molecule has 0 saturated heterocycles. The van der Waals surface area contributed by atoms with Gasteiger partial charge in [0.15, 0.2) is 0 Å². The second-order valence-corrected chi connectivity index (χ2v) is 8.31. The molecule has 3 heteroatoms. The van der Waals surface area contributed by atoms with E-state index in [2.05, 4.69) is 50.9 Å². The zero-order valence-corrected chi connectivity index (χ0v) is 15.2. The van der Waals surface area contributed by atoms with Gasteiger partial charge in [-0.05, 0) is 60.8 Å². The van der Waals surface area contributed by atoms with E-state index in [0.717, 1.165) is 31.3 Å². The van der Waals surface area contributed by atoms with Crippen molar-refractivity contribution in [1.29, 1.82) is 0 Å². The Bertz CT molecular complexity index is 486. The van der Waals surface area contributed by atoms with Crippen LogP contribution in [-0.2, 0) is 12.8 Å². The second-order valence-electron chi connectivity index (χ2n) is 6.22. The molecule has 3 unspecified atom stereocenters. The minimum absolute atomic E-state index is 0.668. The standard InChI is InChI=1S/C17H22Br2O/c1-2-11-3-4-16(19)13(7-11)8-14-10-15(18)9-12-5-6-20-17(12)14/h9-11,13,16H,2-8H2,1H3. The van der Waals surface area contributed by atoms with Gasteiger partial charge in [-0.3, -0.25) is 0 Å². The summed E-state index contributed by atoms with van der Waals surface area (Å²) in [6, 6.07) is 4.48. The molecule has 1 aliphatic carbocycles. The van der Waals surface area contributed by atoms with E-state index in [-0.39, 0.29) is 0 Å². The first kappa shape index (κ1) is 14.9. The van der Waals surface area contributed by atoms with Crippen molar-refractivity contribution < 1.29 is 4.74 Å². The van der Waals surface area contributed by atoms with E-state index in [1.165, 1.54) is 47.0 Å². The van der Waals surface area contributed by atoms with E-state index >= 15 is 0 Å². The third-order valence-corrected chi connectivity index (χ3v) is 6.55. The van der Waals surface area contributed by atoms with Crippen molar-refractivity contribution in [2.24, 2.45) is 11.8 Å². The van der Waals surface area contributed by atoms with Crippen LogP contribution in [0, 0.1) is 11.8 Å². The number of hydrogen-bond donors (Lipinski definition) is 0. The van der Waals surface area contributed by atoms with Crippen LogP contribution in [0.3, 0.4) is 0 Å². The highest BCUT2D eigenvalue weighted by atomic mass is 79.9. The van der Waals surface area contributed by atoms with Crippen LogP contribution in [0.25, 0.3) is 0 Å². The molecule has 0 aromatic heterocycles. The molecule has 1 nitrogen and oxygen atoms in total. The lowest BCUT2D eigenvalue weighted by atomic mass is 9.77. The Kier molecular flexibility index (Phi) is 4.76. The number of rotatable bonds is 3. The van der Waals surface area contributed by atoms with E-state index < -0.39 is 0 Å². The van der Waals surface area contributed by atoms with Gasteiger partial charge >= 0.3 is 0 Å². The molecule has 0 N–H and O–H groups in total. The van der Waals surface area contributed by atoms with Crippen LogP contribution in [0.2, 0.25) is 0 Å². The van der Waals surface area contributed by atoms with Gasteiger partial charge in [0.25, 0.3) is 0 Å². The van der Waals surface area contributed by atoms with Gasteiger partial charge < -0.3 is 4.74 Å².